The molecule has 0 aromatic heterocycles. The van der Waals surface area contributed by atoms with Crippen LogP contribution < -0.4 is 4.74 Å². The van der Waals surface area contributed by atoms with E-state index in [4.69, 9.17) is 9.47 Å². The summed E-state index contributed by atoms with van der Waals surface area (Å²) in [6, 6.07) is 19.7. The van der Waals surface area contributed by atoms with Crippen molar-refractivity contribution in [1.29, 1.82) is 0 Å². The van der Waals surface area contributed by atoms with Gasteiger partial charge in [-0.2, -0.15) is 0 Å². The van der Waals surface area contributed by atoms with Gasteiger partial charge in [0.05, 0.1) is 18.8 Å². The lowest BCUT2D eigenvalue weighted by Crippen LogP contribution is -2.49. The highest BCUT2D eigenvalue weighted by Crippen LogP contribution is 2.27. The molecular formula is C28H30F2N2O3. The maximum Gasteiger partial charge on any atom is 0.257 e. The van der Waals surface area contributed by atoms with Crippen LogP contribution in [0.5, 0.6) is 5.75 Å². The minimum Gasteiger partial charge on any atom is -0.493 e. The van der Waals surface area contributed by atoms with Gasteiger partial charge >= 0.3 is 0 Å². The number of amides is 1. The van der Waals surface area contributed by atoms with Gasteiger partial charge in [0, 0.05) is 32.7 Å². The SMILES string of the molecule is CCOc1ccccc1C(=O)N1CCN(CCOC(c2ccc(F)cc2)c2ccc(F)cc2)CC1. The minimum atomic E-state index is -0.422. The van der Waals surface area contributed by atoms with Crippen molar-refractivity contribution in [3.05, 3.63) is 101 Å². The third-order valence-electron chi connectivity index (χ3n) is 6.11. The van der Waals surface area contributed by atoms with Crippen LogP contribution in [0.15, 0.2) is 72.8 Å². The molecule has 1 heterocycles. The largest absolute Gasteiger partial charge is 0.493 e. The Kier molecular flexibility index (Phi) is 8.45. The van der Waals surface area contributed by atoms with Gasteiger partial charge in [-0.15, -0.1) is 0 Å². The van der Waals surface area contributed by atoms with Crippen LogP contribution in [0, 0.1) is 11.6 Å². The second-order valence-electron chi connectivity index (χ2n) is 8.42. The number of ether oxygens (including phenoxy) is 2. The number of nitrogens with zero attached hydrogens (tertiary/aromatic N) is 2. The lowest BCUT2D eigenvalue weighted by atomic mass is 10.0. The van der Waals surface area contributed by atoms with E-state index in [0.29, 0.717) is 44.2 Å². The Labute approximate surface area is 204 Å². The number of rotatable bonds is 9. The number of benzene rings is 3. The van der Waals surface area contributed by atoms with Gasteiger partial charge in [-0.1, -0.05) is 36.4 Å². The van der Waals surface area contributed by atoms with Gasteiger partial charge in [-0.05, 0) is 54.4 Å². The van der Waals surface area contributed by atoms with Crippen molar-refractivity contribution in [3.63, 3.8) is 0 Å². The average molecular weight is 481 g/mol. The van der Waals surface area contributed by atoms with Crippen molar-refractivity contribution >= 4 is 5.91 Å². The first-order valence-electron chi connectivity index (χ1n) is 11.9. The first-order valence-corrected chi connectivity index (χ1v) is 11.9. The molecule has 1 saturated heterocycles. The number of hydrogen-bond donors (Lipinski definition) is 0. The summed E-state index contributed by atoms with van der Waals surface area (Å²) >= 11 is 0. The lowest BCUT2D eigenvalue weighted by Gasteiger charge is -2.35. The standard InChI is InChI=1S/C28H30F2N2O3/c1-2-34-26-6-4-3-5-25(26)28(33)32-17-15-31(16-18-32)19-20-35-27(21-7-11-23(29)12-8-21)22-9-13-24(30)14-10-22/h3-14,27H,2,15-20H2,1H3. The fourth-order valence-electron chi connectivity index (χ4n) is 4.23. The zero-order valence-corrected chi connectivity index (χ0v) is 19.8. The van der Waals surface area contributed by atoms with Crippen LogP contribution in [-0.4, -0.2) is 61.6 Å². The van der Waals surface area contributed by atoms with Crippen molar-refractivity contribution < 1.29 is 23.0 Å². The molecule has 1 aliphatic rings. The van der Waals surface area contributed by atoms with E-state index in [-0.39, 0.29) is 17.5 Å². The molecule has 0 aliphatic carbocycles. The fourth-order valence-corrected chi connectivity index (χ4v) is 4.23. The Morgan fingerprint density at radius 1 is 0.857 bits per heavy atom. The summed E-state index contributed by atoms with van der Waals surface area (Å²) in [4.78, 5) is 17.1. The molecule has 0 N–H and O–H groups in total. The summed E-state index contributed by atoms with van der Waals surface area (Å²) in [7, 11) is 0. The molecule has 0 bridgehead atoms. The van der Waals surface area contributed by atoms with Crippen LogP contribution in [0.2, 0.25) is 0 Å². The van der Waals surface area contributed by atoms with Gasteiger partial charge < -0.3 is 14.4 Å². The molecule has 3 aromatic carbocycles. The van der Waals surface area contributed by atoms with Crippen LogP contribution in [-0.2, 0) is 4.74 Å². The second kappa shape index (κ2) is 11.9. The molecule has 35 heavy (non-hydrogen) atoms. The maximum atomic E-state index is 13.4. The summed E-state index contributed by atoms with van der Waals surface area (Å²) in [5.41, 5.74) is 2.20. The molecule has 0 atom stereocenters. The molecule has 0 radical (unpaired) electrons. The normalized spacial score (nSPS) is 14.3. The van der Waals surface area contributed by atoms with Crippen molar-refractivity contribution in [3.8, 4) is 5.75 Å². The van der Waals surface area contributed by atoms with E-state index in [1.165, 1.54) is 24.3 Å². The monoisotopic (exact) mass is 480 g/mol. The molecule has 1 aliphatic heterocycles. The molecule has 0 unspecified atom stereocenters. The van der Waals surface area contributed by atoms with Crippen molar-refractivity contribution in [2.45, 2.75) is 13.0 Å². The Morgan fingerprint density at radius 2 is 1.43 bits per heavy atom. The number of carbonyl (C=O) groups is 1. The highest BCUT2D eigenvalue weighted by atomic mass is 19.1. The van der Waals surface area contributed by atoms with Crippen molar-refractivity contribution in [2.75, 3.05) is 45.9 Å². The molecule has 1 fully saturated rings. The van der Waals surface area contributed by atoms with Gasteiger partial charge in [0.25, 0.3) is 5.91 Å². The summed E-state index contributed by atoms with van der Waals surface area (Å²) in [6.07, 6.45) is -0.422. The highest BCUT2D eigenvalue weighted by Gasteiger charge is 2.24. The summed E-state index contributed by atoms with van der Waals surface area (Å²) in [5, 5.41) is 0. The van der Waals surface area contributed by atoms with Gasteiger partial charge in [0.2, 0.25) is 0 Å². The highest BCUT2D eigenvalue weighted by molar-refractivity contribution is 5.97. The van der Waals surface area contributed by atoms with Crippen LogP contribution in [0.4, 0.5) is 8.78 Å². The number of carbonyl (C=O) groups excluding carboxylic acids is 1. The molecule has 4 rings (SSSR count). The van der Waals surface area contributed by atoms with E-state index in [0.717, 1.165) is 24.2 Å². The van der Waals surface area contributed by atoms with E-state index in [1.807, 2.05) is 30.0 Å². The Balaban J connectivity index is 1.32. The Morgan fingerprint density at radius 3 is 2.00 bits per heavy atom. The van der Waals surface area contributed by atoms with E-state index < -0.39 is 6.10 Å². The number of halogens is 2. The molecule has 1 amide bonds. The Bertz CT molecular complexity index is 1050. The first kappa shape index (κ1) is 24.8. The van der Waals surface area contributed by atoms with Gasteiger partial charge in [0.1, 0.15) is 23.5 Å². The van der Waals surface area contributed by atoms with Crippen LogP contribution in [0.1, 0.15) is 34.5 Å². The van der Waals surface area contributed by atoms with E-state index in [2.05, 4.69) is 4.90 Å². The molecular weight excluding hydrogens is 450 g/mol. The third kappa shape index (κ3) is 6.44. The summed E-state index contributed by atoms with van der Waals surface area (Å²) < 4.78 is 38.7. The zero-order valence-electron chi connectivity index (χ0n) is 19.8. The van der Waals surface area contributed by atoms with E-state index >= 15 is 0 Å². The quantitative estimate of drug-likeness (QED) is 0.436. The second-order valence-corrected chi connectivity index (χ2v) is 8.42. The van der Waals surface area contributed by atoms with Gasteiger partial charge in [0.15, 0.2) is 0 Å². The van der Waals surface area contributed by atoms with Crippen molar-refractivity contribution in [2.24, 2.45) is 0 Å². The molecule has 7 heteroatoms. The van der Waals surface area contributed by atoms with E-state index in [1.54, 1.807) is 30.3 Å². The van der Waals surface area contributed by atoms with Crippen LogP contribution >= 0.6 is 0 Å². The average Bonchev–Trinajstić information content (AvgIpc) is 2.89. The van der Waals surface area contributed by atoms with E-state index in [9.17, 15) is 13.6 Å². The van der Waals surface area contributed by atoms with Crippen LogP contribution in [0.3, 0.4) is 0 Å². The van der Waals surface area contributed by atoms with Gasteiger partial charge in [-0.3, -0.25) is 9.69 Å². The number of piperazine rings is 1. The fraction of sp³-hybridized carbons (Fsp3) is 0.321. The van der Waals surface area contributed by atoms with Crippen molar-refractivity contribution in [1.82, 2.24) is 9.80 Å². The molecule has 5 nitrogen and oxygen atoms in total. The number of hydrogen-bond acceptors (Lipinski definition) is 4. The smallest absolute Gasteiger partial charge is 0.257 e. The first-order chi connectivity index (χ1) is 17.0. The minimum absolute atomic E-state index is 0.0161. The summed E-state index contributed by atoms with van der Waals surface area (Å²) in [6.45, 7) is 6.27. The predicted molar refractivity (Wildman–Crippen MR) is 131 cm³/mol. The lowest BCUT2D eigenvalue weighted by molar-refractivity contribution is 0.0407. The molecule has 0 saturated carbocycles. The molecule has 3 aromatic rings. The number of para-hydroxylation sites is 1. The maximum absolute atomic E-state index is 13.4. The zero-order chi connectivity index (χ0) is 24.6. The van der Waals surface area contributed by atoms with Crippen LogP contribution in [0.25, 0.3) is 0 Å². The Hall–Kier alpha value is -3.29. The molecule has 0 spiro atoms. The third-order valence-corrected chi connectivity index (χ3v) is 6.11. The predicted octanol–water partition coefficient (Wildman–Crippen LogP) is 4.93. The summed E-state index contributed by atoms with van der Waals surface area (Å²) in [5.74, 6) is -0.0353. The topological polar surface area (TPSA) is 42.0 Å². The molecule has 184 valence electrons. The van der Waals surface area contributed by atoms with Gasteiger partial charge in [-0.25, -0.2) is 8.78 Å².